The highest BCUT2D eigenvalue weighted by atomic mass is 32.2. The van der Waals surface area contributed by atoms with Gasteiger partial charge in [0.25, 0.3) is 5.91 Å². The second-order valence-electron chi connectivity index (χ2n) is 6.40. The van der Waals surface area contributed by atoms with Gasteiger partial charge in [0.2, 0.25) is 5.91 Å². The number of hydrogen-bond acceptors (Lipinski definition) is 5. The molecule has 1 aliphatic rings. The predicted octanol–water partition coefficient (Wildman–Crippen LogP) is 3.44. The van der Waals surface area contributed by atoms with Gasteiger partial charge in [-0.2, -0.15) is 0 Å². The zero-order valence-corrected chi connectivity index (χ0v) is 16.5. The van der Waals surface area contributed by atoms with Crippen molar-refractivity contribution in [2.24, 2.45) is 0 Å². The fourth-order valence-electron chi connectivity index (χ4n) is 3.02. The van der Waals surface area contributed by atoms with Crippen LogP contribution in [0.3, 0.4) is 0 Å². The van der Waals surface area contributed by atoms with Gasteiger partial charge in [-0.25, -0.2) is 4.79 Å². The van der Waals surface area contributed by atoms with Crippen LogP contribution in [0.5, 0.6) is 0 Å². The lowest BCUT2D eigenvalue weighted by atomic mass is 10.1. The molecule has 7 heteroatoms. The zero-order chi connectivity index (χ0) is 19.9. The number of nitrogens with one attached hydrogen (secondary N) is 1. The maximum absolute atomic E-state index is 12.8. The minimum Gasteiger partial charge on any atom is -0.465 e. The first-order valence-electron chi connectivity index (χ1n) is 9.08. The third-order valence-corrected chi connectivity index (χ3v) is 5.54. The van der Waals surface area contributed by atoms with Crippen LogP contribution >= 0.6 is 11.8 Å². The van der Waals surface area contributed by atoms with Gasteiger partial charge in [0, 0.05) is 23.7 Å². The second kappa shape index (κ2) is 9.41. The van der Waals surface area contributed by atoms with Gasteiger partial charge in [-0.3, -0.25) is 9.59 Å². The van der Waals surface area contributed by atoms with E-state index >= 15 is 0 Å². The van der Waals surface area contributed by atoms with Crippen LogP contribution in [0.1, 0.15) is 33.6 Å². The summed E-state index contributed by atoms with van der Waals surface area (Å²) in [5.74, 6) is -0.350. The summed E-state index contributed by atoms with van der Waals surface area (Å²) in [6.45, 7) is 1.64. The Hall–Kier alpha value is -2.80. The molecule has 0 atom stereocenters. The summed E-state index contributed by atoms with van der Waals surface area (Å²) in [6.07, 6.45) is 2.11. The van der Waals surface area contributed by atoms with Crippen molar-refractivity contribution in [3.8, 4) is 0 Å². The van der Waals surface area contributed by atoms with Crippen LogP contribution in [0, 0.1) is 0 Å². The van der Waals surface area contributed by atoms with Crippen LogP contribution in [0.4, 0.5) is 5.69 Å². The number of ether oxygens (including phenoxy) is 1. The van der Waals surface area contributed by atoms with E-state index in [0.29, 0.717) is 22.6 Å². The minimum absolute atomic E-state index is 0.100. The van der Waals surface area contributed by atoms with E-state index in [0.717, 1.165) is 30.8 Å². The van der Waals surface area contributed by atoms with Gasteiger partial charge in [0.05, 0.1) is 24.0 Å². The summed E-state index contributed by atoms with van der Waals surface area (Å²) in [5.41, 5.74) is 1.35. The smallest absolute Gasteiger partial charge is 0.337 e. The molecular weight excluding hydrogens is 376 g/mol. The number of methoxy groups -OCH3 is 1. The number of likely N-dealkylation sites (tertiary alicyclic amines) is 1. The standard InChI is InChI=1S/C21H22N2O4S/c1-27-21(26)15-7-6-8-16(13-15)22-20(25)17-9-2-3-10-18(17)28-14-19(24)23-11-4-5-12-23/h2-3,6-10,13H,4-5,11-12,14H2,1H3,(H,22,25). The highest BCUT2D eigenvalue weighted by Gasteiger charge is 2.19. The Labute approximate surface area is 168 Å². The molecule has 0 bridgehead atoms. The molecular formula is C21H22N2O4S. The molecule has 0 saturated carbocycles. The molecule has 2 aromatic rings. The molecule has 6 nitrogen and oxygen atoms in total. The van der Waals surface area contributed by atoms with Crippen LogP contribution in [0.25, 0.3) is 0 Å². The van der Waals surface area contributed by atoms with E-state index in [1.165, 1.54) is 18.9 Å². The minimum atomic E-state index is -0.465. The average Bonchev–Trinajstić information content (AvgIpc) is 3.27. The Morgan fingerprint density at radius 3 is 2.57 bits per heavy atom. The van der Waals surface area contributed by atoms with Crippen LogP contribution in [-0.2, 0) is 9.53 Å². The van der Waals surface area contributed by atoms with Gasteiger partial charge in [-0.15, -0.1) is 11.8 Å². The molecule has 0 spiro atoms. The molecule has 1 N–H and O–H groups in total. The molecule has 2 amide bonds. The molecule has 3 rings (SSSR count). The Balaban J connectivity index is 1.68. The Bertz CT molecular complexity index is 878. The molecule has 1 heterocycles. The fourth-order valence-corrected chi connectivity index (χ4v) is 3.97. The van der Waals surface area contributed by atoms with Gasteiger partial charge in [0.15, 0.2) is 0 Å². The van der Waals surface area contributed by atoms with Crippen LogP contribution in [0.2, 0.25) is 0 Å². The number of nitrogens with zero attached hydrogens (tertiary/aromatic N) is 1. The molecule has 0 radical (unpaired) electrons. The number of carbonyl (C=O) groups is 3. The summed E-state index contributed by atoms with van der Waals surface area (Å²) < 4.78 is 4.71. The number of benzene rings is 2. The largest absolute Gasteiger partial charge is 0.465 e. The summed E-state index contributed by atoms with van der Waals surface area (Å²) in [5, 5.41) is 2.81. The van der Waals surface area contributed by atoms with Crippen LogP contribution in [-0.4, -0.2) is 48.6 Å². The topological polar surface area (TPSA) is 75.7 Å². The van der Waals surface area contributed by atoms with E-state index in [2.05, 4.69) is 5.32 Å². The molecule has 1 aliphatic heterocycles. The molecule has 0 aliphatic carbocycles. The first-order valence-corrected chi connectivity index (χ1v) is 10.1. The third-order valence-electron chi connectivity index (χ3n) is 4.48. The number of thioether (sulfide) groups is 1. The van der Waals surface area contributed by atoms with E-state index in [1.807, 2.05) is 17.0 Å². The highest BCUT2D eigenvalue weighted by molar-refractivity contribution is 8.00. The SMILES string of the molecule is COC(=O)c1cccc(NC(=O)c2ccccc2SCC(=O)N2CCCC2)c1. The van der Waals surface area contributed by atoms with Crippen molar-refractivity contribution >= 4 is 35.2 Å². The molecule has 0 aromatic heterocycles. The van der Waals surface area contributed by atoms with E-state index in [4.69, 9.17) is 4.74 Å². The van der Waals surface area contributed by atoms with Crippen molar-refractivity contribution in [3.05, 3.63) is 59.7 Å². The summed E-state index contributed by atoms with van der Waals surface area (Å²) >= 11 is 1.37. The Kier molecular flexibility index (Phi) is 6.71. The number of anilines is 1. The summed E-state index contributed by atoms with van der Waals surface area (Å²) in [6, 6.07) is 13.8. The first-order chi connectivity index (χ1) is 13.6. The van der Waals surface area contributed by atoms with Gasteiger partial charge >= 0.3 is 5.97 Å². The van der Waals surface area contributed by atoms with Gasteiger partial charge in [-0.05, 0) is 43.2 Å². The summed E-state index contributed by atoms with van der Waals surface area (Å²) in [4.78, 5) is 39.3. The third kappa shape index (κ3) is 4.92. The van der Waals surface area contributed by atoms with Crippen molar-refractivity contribution in [2.45, 2.75) is 17.7 Å². The Morgan fingerprint density at radius 2 is 1.82 bits per heavy atom. The lowest BCUT2D eigenvalue weighted by Crippen LogP contribution is -2.29. The maximum Gasteiger partial charge on any atom is 0.337 e. The van der Waals surface area contributed by atoms with E-state index < -0.39 is 5.97 Å². The second-order valence-corrected chi connectivity index (χ2v) is 7.42. The van der Waals surface area contributed by atoms with Gasteiger partial charge in [-0.1, -0.05) is 18.2 Å². The number of carbonyl (C=O) groups excluding carboxylic acids is 3. The predicted molar refractivity (Wildman–Crippen MR) is 109 cm³/mol. The van der Waals surface area contributed by atoms with E-state index in [9.17, 15) is 14.4 Å². The first kappa shape index (κ1) is 19.9. The van der Waals surface area contributed by atoms with Crippen LogP contribution < -0.4 is 5.32 Å². The summed E-state index contributed by atoms with van der Waals surface area (Å²) in [7, 11) is 1.31. The lowest BCUT2D eigenvalue weighted by molar-refractivity contribution is -0.127. The van der Waals surface area contributed by atoms with Crippen molar-refractivity contribution in [3.63, 3.8) is 0 Å². The van der Waals surface area contributed by atoms with Crippen molar-refractivity contribution in [1.29, 1.82) is 0 Å². The normalized spacial score (nSPS) is 13.2. The number of hydrogen-bond donors (Lipinski definition) is 1. The monoisotopic (exact) mass is 398 g/mol. The molecule has 28 heavy (non-hydrogen) atoms. The van der Waals surface area contributed by atoms with Gasteiger partial charge in [0.1, 0.15) is 0 Å². The number of esters is 1. The fraction of sp³-hybridized carbons (Fsp3) is 0.286. The van der Waals surface area contributed by atoms with Gasteiger partial charge < -0.3 is 15.0 Å². The average molecular weight is 398 g/mol. The molecule has 2 aromatic carbocycles. The molecule has 1 saturated heterocycles. The quantitative estimate of drug-likeness (QED) is 0.596. The highest BCUT2D eigenvalue weighted by Crippen LogP contribution is 2.25. The van der Waals surface area contributed by atoms with Crippen LogP contribution in [0.15, 0.2) is 53.4 Å². The van der Waals surface area contributed by atoms with Crippen molar-refractivity contribution in [2.75, 3.05) is 31.3 Å². The maximum atomic E-state index is 12.8. The number of amides is 2. The van der Waals surface area contributed by atoms with Crippen molar-refractivity contribution in [1.82, 2.24) is 4.90 Å². The lowest BCUT2D eigenvalue weighted by Gasteiger charge is -2.15. The van der Waals surface area contributed by atoms with E-state index in [1.54, 1.807) is 36.4 Å². The van der Waals surface area contributed by atoms with E-state index in [-0.39, 0.29) is 11.8 Å². The number of rotatable bonds is 6. The Morgan fingerprint density at radius 1 is 1.07 bits per heavy atom. The molecule has 1 fully saturated rings. The molecule has 146 valence electrons. The molecule has 0 unspecified atom stereocenters. The van der Waals surface area contributed by atoms with Crippen molar-refractivity contribution < 1.29 is 19.1 Å². The zero-order valence-electron chi connectivity index (χ0n) is 15.6.